The van der Waals surface area contributed by atoms with Crippen LogP contribution < -0.4 is 4.90 Å². The number of non-ortho nitro benzene ring substituents is 1. The van der Waals surface area contributed by atoms with E-state index in [0.29, 0.717) is 10.0 Å². The molecule has 0 unspecified atom stereocenters. The van der Waals surface area contributed by atoms with Gasteiger partial charge in [-0.3, -0.25) is 19.7 Å². The summed E-state index contributed by atoms with van der Waals surface area (Å²) in [6, 6.07) is 19.2. The largest absolute Gasteiger partial charge is 0.273 e. The minimum absolute atomic E-state index is 0.134. The van der Waals surface area contributed by atoms with Gasteiger partial charge in [0, 0.05) is 32.0 Å². The number of nitro groups is 1. The molecule has 0 radical (unpaired) electrons. The van der Waals surface area contributed by atoms with Crippen LogP contribution in [-0.4, -0.2) is 16.7 Å². The van der Waals surface area contributed by atoms with Crippen molar-refractivity contribution in [3.05, 3.63) is 103 Å². The van der Waals surface area contributed by atoms with Gasteiger partial charge in [0.05, 0.1) is 20.4 Å². The van der Waals surface area contributed by atoms with E-state index in [1.807, 2.05) is 0 Å². The zero-order valence-electron chi connectivity index (χ0n) is 16.0. The third-order valence-electron chi connectivity index (χ3n) is 4.37. The lowest BCUT2D eigenvalue weighted by Crippen LogP contribution is -2.31. The van der Waals surface area contributed by atoms with Crippen LogP contribution in [0.5, 0.6) is 0 Å². The lowest BCUT2D eigenvalue weighted by molar-refractivity contribution is -0.384. The Bertz CT molecular complexity index is 1190. The van der Waals surface area contributed by atoms with Gasteiger partial charge in [-0.15, -0.1) is 0 Å². The van der Waals surface area contributed by atoms with Crippen LogP contribution in [-0.2, 0) is 9.59 Å². The molecule has 0 N–H and O–H groups in total. The molecule has 2 amide bonds. The number of halogens is 2. The maximum Gasteiger partial charge on any atom is 0.273 e. The Morgan fingerprint density at radius 1 is 0.750 bits per heavy atom. The van der Waals surface area contributed by atoms with Crippen molar-refractivity contribution in [1.29, 1.82) is 0 Å². The van der Waals surface area contributed by atoms with Gasteiger partial charge in [-0.05, 0) is 54.6 Å². The number of hydrogen-bond donors (Lipinski definition) is 0. The topological polar surface area (TPSA) is 80.5 Å². The van der Waals surface area contributed by atoms with E-state index in [1.165, 1.54) is 24.3 Å². The van der Waals surface area contributed by atoms with Gasteiger partial charge in [0.1, 0.15) is 0 Å². The number of nitrogens with zero attached hydrogens (tertiary/aromatic N) is 2. The molecule has 0 spiro atoms. The van der Waals surface area contributed by atoms with Gasteiger partial charge in [0.25, 0.3) is 17.5 Å². The molecule has 0 aromatic heterocycles. The van der Waals surface area contributed by atoms with Crippen LogP contribution in [0.3, 0.4) is 0 Å². The highest BCUT2D eigenvalue weighted by Crippen LogP contribution is 2.44. The van der Waals surface area contributed by atoms with Crippen LogP contribution in [0.2, 0.25) is 10.0 Å². The van der Waals surface area contributed by atoms with Crippen LogP contribution in [0, 0.1) is 10.1 Å². The average molecular weight is 503 g/mol. The monoisotopic (exact) mass is 502 g/mol. The zero-order valence-corrected chi connectivity index (χ0v) is 19.2. The second-order valence-corrected chi connectivity index (χ2v) is 9.53. The fourth-order valence-electron chi connectivity index (χ4n) is 2.89. The molecule has 1 aliphatic rings. The van der Waals surface area contributed by atoms with Gasteiger partial charge in [-0.2, -0.15) is 0 Å². The normalized spacial score (nSPS) is 13.8. The Kier molecular flexibility index (Phi) is 6.57. The van der Waals surface area contributed by atoms with Crippen molar-refractivity contribution >= 4 is 69.9 Å². The Morgan fingerprint density at radius 3 is 1.66 bits per heavy atom. The summed E-state index contributed by atoms with van der Waals surface area (Å²) in [5, 5.41) is 12.3. The molecule has 3 aromatic carbocycles. The zero-order chi connectivity index (χ0) is 22.8. The van der Waals surface area contributed by atoms with E-state index in [9.17, 15) is 19.7 Å². The Labute approximate surface area is 201 Å². The number of benzene rings is 3. The van der Waals surface area contributed by atoms with Gasteiger partial charge in [-0.25, -0.2) is 4.90 Å². The smallest absolute Gasteiger partial charge is 0.268 e. The molecule has 0 fully saturated rings. The molecule has 0 aliphatic carbocycles. The first-order chi connectivity index (χ1) is 15.3. The van der Waals surface area contributed by atoms with Gasteiger partial charge >= 0.3 is 0 Å². The summed E-state index contributed by atoms with van der Waals surface area (Å²) in [5.41, 5.74) is -0.0797. The maximum absolute atomic E-state index is 13.3. The first kappa shape index (κ1) is 22.4. The van der Waals surface area contributed by atoms with Crippen molar-refractivity contribution < 1.29 is 14.5 Å². The van der Waals surface area contributed by atoms with Gasteiger partial charge < -0.3 is 0 Å². The van der Waals surface area contributed by atoms with Crippen molar-refractivity contribution in [3.8, 4) is 0 Å². The Hall–Kier alpha value is -2.78. The van der Waals surface area contributed by atoms with Crippen molar-refractivity contribution in [2.45, 2.75) is 9.79 Å². The van der Waals surface area contributed by atoms with Crippen molar-refractivity contribution in [2.24, 2.45) is 0 Å². The fourth-order valence-corrected chi connectivity index (χ4v) is 5.13. The Morgan fingerprint density at radius 2 is 1.22 bits per heavy atom. The number of carbonyl (C=O) groups is 2. The number of anilines is 1. The maximum atomic E-state index is 13.3. The molecule has 3 aromatic rings. The summed E-state index contributed by atoms with van der Waals surface area (Å²) in [6.07, 6.45) is 0. The van der Waals surface area contributed by atoms with E-state index in [0.717, 1.165) is 38.2 Å². The van der Waals surface area contributed by atoms with Crippen LogP contribution in [0.15, 0.2) is 92.4 Å². The highest BCUT2D eigenvalue weighted by molar-refractivity contribution is 8.08. The number of imide groups is 1. The molecule has 4 rings (SSSR count). The molecule has 0 atom stereocenters. The molecule has 0 bridgehead atoms. The molecule has 0 saturated heterocycles. The molecule has 10 heteroatoms. The van der Waals surface area contributed by atoms with Crippen molar-refractivity contribution in [2.75, 3.05) is 4.90 Å². The van der Waals surface area contributed by atoms with Gasteiger partial charge in [0.15, 0.2) is 0 Å². The molecule has 1 aliphatic heterocycles. The minimum Gasteiger partial charge on any atom is -0.268 e. The predicted molar refractivity (Wildman–Crippen MR) is 127 cm³/mol. The summed E-state index contributed by atoms with van der Waals surface area (Å²) in [7, 11) is 0. The number of hydrogen-bond acceptors (Lipinski definition) is 6. The van der Waals surface area contributed by atoms with Crippen molar-refractivity contribution in [3.63, 3.8) is 0 Å². The van der Waals surface area contributed by atoms with E-state index < -0.39 is 16.7 Å². The summed E-state index contributed by atoms with van der Waals surface area (Å²) in [4.78, 5) is 40.1. The number of rotatable bonds is 6. The van der Waals surface area contributed by atoms with Crippen LogP contribution in [0.1, 0.15) is 0 Å². The second kappa shape index (κ2) is 9.38. The molecule has 1 heterocycles. The van der Waals surface area contributed by atoms with Crippen LogP contribution >= 0.6 is 46.7 Å². The molecular weight excluding hydrogens is 491 g/mol. The van der Waals surface area contributed by atoms with Crippen LogP contribution in [0.4, 0.5) is 11.4 Å². The minimum atomic E-state index is -0.575. The van der Waals surface area contributed by atoms with E-state index >= 15 is 0 Å². The summed E-state index contributed by atoms with van der Waals surface area (Å²) in [6.45, 7) is 0. The SMILES string of the molecule is O=C1C(Sc2ccc(Cl)cc2)=C(Sc2ccc(Cl)cc2)C(=O)N1c1cccc([N+](=O)[O-])c1. The number of amides is 2. The molecule has 160 valence electrons. The highest BCUT2D eigenvalue weighted by Gasteiger charge is 2.40. The van der Waals surface area contributed by atoms with Gasteiger partial charge in [-0.1, -0.05) is 52.8 Å². The first-order valence-electron chi connectivity index (χ1n) is 9.08. The lowest BCUT2D eigenvalue weighted by atomic mass is 10.2. The first-order valence-corrected chi connectivity index (χ1v) is 11.5. The standard InChI is InChI=1S/C22H12Cl2N2O4S2/c23-13-4-8-17(9-5-13)31-19-20(32-18-10-6-14(24)7-11-18)22(28)25(21(19)27)15-2-1-3-16(12-15)26(29)30/h1-12H. The van der Waals surface area contributed by atoms with E-state index in [2.05, 4.69) is 0 Å². The lowest BCUT2D eigenvalue weighted by Gasteiger charge is -2.14. The summed E-state index contributed by atoms with van der Waals surface area (Å²) >= 11 is 14.2. The van der Waals surface area contributed by atoms with E-state index in [-0.39, 0.29) is 21.2 Å². The number of thioether (sulfide) groups is 2. The highest BCUT2D eigenvalue weighted by atomic mass is 35.5. The molecular formula is C22H12Cl2N2O4S2. The second-order valence-electron chi connectivity index (χ2n) is 6.49. The molecule has 32 heavy (non-hydrogen) atoms. The summed E-state index contributed by atoms with van der Waals surface area (Å²) in [5.74, 6) is -1.10. The van der Waals surface area contributed by atoms with Gasteiger partial charge in [0.2, 0.25) is 0 Å². The van der Waals surface area contributed by atoms with E-state index in [1.54, 1.807) is 48.5 Å². The predicted octanol–water partition coefficient (Wildman–Crippen LogP) is 6.57. The van der Waals surface area contributed by atoms with E-state index in [4.69, 9.17) is 23.2 Å². The third kappa shape index (κ3) is 4.68. The Balaban J connectivity index is 1.75. The van der Waals surface area contributed by atoms with Crippen LogP contribution in [0.25, 0.3) is 0 Å². The van der Waals surface area contributed by atoms with Crippen molar-refractivity contribution in [1.82, 2.24) is 0 Å². The summed E-state index contributed by atoms with van der Waals surface area (Å²) < 4.78 is 0. The average Bonchev–Trinajstić information content (AvgIpc) is 3.00. The number of nitro benzene ring substituents is 1. The number of carbonyl (C=O) groups excluding carboxylic acids is 2. The molecule has 6 nitrogen and oxygen atoms in total. The quantitative estimate of drug-likeness (QED) is 0.215. The third-order valence-corrected chi connectivity index (χ3v) is 7.18. The fraction of sp³-hybridized carbons (Fsp3) is 0. The molecule has 0 saturated carbocycles.